The van der Waals surface area contributed by atoms with E-state index in [1.165, 1.54) is 0 Å². The summed E-state index contributed by atoms with van der Waals surface area (Å²) in [5.74, 6) is 1.32. The minimum atomic E-state index is 0.144. The Balaban J connectivity index is 1.87. The van der Waals surface area contributed by atoms with E-state index in [4.69, 9.17) is 9.84 Å². The topological polar surface area (TPSA) is 49.8 Å². The van der Waals surface area contributed by atoms with E-state index in [0.717, 1.165) is 37.2 Å². The van der Waals surface area contributed by atoms with E-state index in [0.29, 0.717) is 12.5 Å². The van der Waals surface area contributed by atoms with Gasteiger partial charge in [-0.25, -0.2) is 0 Å². The molecule has 1 aliphatic rings. The van der Waals surface area contributed by atoms with Gasteiger partial charge >= 0.3 is 0 Å². The third-order valence-electron chi connectivity index (χ3n) is 3.74. The number of rotatable bonds is 5. The van der Waals surface area contributed by atoms with Gasteiger partial charge in [0.1, 0.15) is 5.75 Å². The van der Waals surface area contributed by atoms with Gasteiger partial charge in [-0.1, -0.05) is 0 Å². The molecule has 1 fully saturated rings. The molecule has 1 aromatic rings. The molecule has 2 rings (SSSR count). The predicted molar refractivity (Wildman–Crippen MR) is 73.6 cm³/mol. The molecule has 19 heavy (non-hydrogen) atoms. The second-order valence-corrected chi connectivity index (χ2v) is 5.05. The molecule has 0 unspecified atom stereocenters. The van der Waals surface area contributed by atoms with Crippen LogP contribution in [0.5, 0.6) is 5.75 Å². The summed E-state index contributed by atoms with van der Waals surface area (Å²) in [5.41, 5.74) is 0.727. The van der Waals surface area contributed by atoms with Crippen molar-refractivity contribution in [2.24, 2.45) is 5.92 Å². The number of benzene rings is 1. The van der Waals surface area contributed by atoms with Gasteiger partial charge in [0.2, 0.25) is 0 Å². The number of aliphatic hydroxyl groups is 1. The summed E-state index contributed by atoms with van der Waals surface area (Å²) in [6.07, 6.45) is 1.96. The van der Waals surface area contributed by atoms with Crippen LogP contribution in [0.1, 0.15) is 23.2 Å². The summed E-state index contributed by atoms with van der Waals surface area (Å²) >= 11 is 0. The van der Waals surface area contributed by atoms with Gasteiger partial charge in [-0.05, 0) is 56.1 Å². The number of piperidine rings is 1. The zero-order valence-electron chi connectivity index (χ0n) is 11.3. The number of aliphatic hydroxyl groups excluding tert-OH is 1. The second-order valence-electron chi connectivity index (χ2n) is 5.05. The zero-order valence-corrected chi connectivity index (χ0v) is 11.3. The van der Waals surface area contributed by atoms with Gasteiger partial charge in [0.05, 0.1) is 13.7 Å². The quantitative estimate of drug-likeness (QED) is 0.820. The van der Waals surface area contributed by atoms with Crippen molar-refractivity contribution in [1.82, 2.24) is 4.90 Å². The lowest BCUT2D eigenvalue weighted by atomic mass is 9.97. The maximum absolute atomic E-state index is 12.1. The highest BCUT2D eigenvalue weighted by molar-refractivity contribution is 5.97. The molecule has 1 aromatic carbocycles. The molecule has 1 aliphatic heterocycles. The van der Waals surface area contributed by atoms with Crippen LogP contribution in [0, 0.1) is 5.92 Å². The zero-order chi connectivity index (χ0) is 13.7. The van der Waals surface area contributed by atoms with E-state index in [-0.39, 0.29) is 12.4 Å². The van der Waals surface area contributed by atoms with Crippen LogP contribution >= 0.6 is 0 Å². The first-order chi connectivity index (χ1) is 9.22. The highest BCUT2D eigenvalue weighted by Gasteiger charge is 2.20. The lowest BCUT2D eigenvalue weighted by Crippen LogP contribution is -2.38. The Bertz CT molecular complexity index is 408. The number of nitrogens with zero attached hydrogens (tertiary/aromatic N) is 1. The molecule has 0 aromatic heterocycles. The second kappa shape index (κ2) is 6.68. The van der Waals surface area contributed by atoms with Gasteiger partial charge in [-0.2, -0.15) is 0 Å². The van der Waals surface area contributed by atoms with Crippen LogP contribution in [0.25, 0.3) is 0 Å². The predicted octanol–water partition coefficient (Wildman–Crippen LogP) is 1.58. The molecule has 0 atom stereocenters. The van der Waals surface area contributed by atoms with E-state index in [1.54, 1.807) is 7.11 Å². The van der Waals surface area contributed by atoms with Crippen molar-refractivity contribution in [1.29, 1.82) is 0 Å². The van der Waals surface area contributed by atoms with Crippen molar-refractivity contribution >= 4 is 5.78 Å². The van der Waals surface area contributed by atoms with Gasteiger partial charge in [-0.3, -0.25) is 9.69 Å². The Kier molecular flexibility index (Phi) is 4.93. The van der Waals surface area contributed by atoms with E-state index in [1.807, 2.05) is 24.3 Å². The van der Waals surface area contributed by atoms with Crippen LogP contribution in [-0.4, -0.2) is 49.1 Å². The van der Waals surface area contributed by atoms with Gasteiger partial charge in [0.25, 0.3) is 0 Å². The number of methoxy groups -OCH3 is 1. The van der Waals surface area contributed by atoms with Crippen LogP contribution in [0.2, 0.25) is 0 Å². The maximum Gasteiger partial charge on any atom is 0.176 e. The minimum Gasteiger partial charge on any atom is -0.497 e. The lowest BCUT2D eigenvalue weighted by Gasteiger charge is -2.30. The number of carbonyl (C=O) groups is 1. The fraction of sp³-hybridized carbons (Fsp3) is 0.533. The van der Waals surface area contributed by atoms with Crippen LogP contribution in [0.3, 0.4) is 0 Å². The number of hydrogen-bond acceptors (Lipinski definition) is 4. The monoisotopic (exact) mass is 263 g/mol. The van der Waals surface area contributed by atoms with Crippen LogP contribution in [-0.2, 0) is 0 Å². The minimum absolute atomic E-state index is 0.144. The SMILES string of the molecule is COc1ccc(C(=O)CN2CCC(CO)CC2)cc1. The van der Waals surface area contributed by atoms with Crippen molar-refractivity contribution in [2.75, 3.05) is 33.4 Å². The van der Waals surface area contributed by atoms with E-state index in [2.05, 4.69) is 4.90 Å². The van der Waals surface area contributed by atoms with Crippen molar-refractivity contribution in [2.45, 2.75) is 12.8 Å². The molecule has 1 heterocycles. The number of ketones is 1. The maximum atomic E-state index is 12.1. The molecule has 4 heteroatoms. The molecule has 4 nitrogen and oxygen atoms in total. The number of carbonyl (C=O) groups excluding carboxylic acids is 1. The number of Topliss-reactive ketones (excluding diaryl/α,β-unsaturated/α-hetero) is 1. The molecule has 0 aliphatic carbocycles. The lowest BCUT2D eigenvalue weighted by molar-refractivity contribution is 0.0864. The van der Waals surface area contributed by atoms with Gasteiger partial charge < -0.3 is 9.84 Å². The summed E-state index contributed by atoms with van der Waals surface area (Å²) in [7, 11) is 1.61. The first-order valence-electron chi connectivity index (χ1n) is 6.73. The smallest absolute Gasteiger partial charge is 0.176 e. The third kappa shape index (κ3) is 3.78. The standard InChI is InChI=1S/C15H21NO3/c1-19-14-4-2-13(3-5-14)15(18)10-16-8-6-12(11-17)7-9-16/h2-5,12,17H,6-11H2,1H3. The fourth-order valence-corrected chi connectivity index (χ4v) is 2.40. The molecule has 0 bridgehead atoms. The van der Waals surface area contributed by atoms with Gasteiger partial charge in [0.15, 0.2) is 5.78 Å². The summed E-state index contributed by atoms with van der Waals surface area (Å²) in [6.45, 7) is 2.52. The summed E-state index contributed by atoms with van der Waals surface area (Å²) in [6, 6.07) is 7.24. The molecule has 0 radical (unpaired) electrons. The molecule has 1 N–H and O–H groups in total. The van der Waals surface area contributed by atoms with Crippen molar-refractivity contribution < 1.29 is 14.6 Å². The van der Waals surface area contributed by atoms with Crippen molar-refractivity contribution in [3.63, 3.8) is 0 Å². The largest absolute Gasteiger partial charge is 0.497 e. The average Bonchev–Trinajstić information content (AvgIpc) is 2.48. The van der Waals surface area contributed by atoms with Crippen molar-refractivity contribution in [3.05, 3.63) is 29.8 Å². The molecule has 0 saturated carbocycles. The molecular weight excluding hydrogens is 242 g/mol. The van der Waals surface area contributed by atoms with E-state index in [9.17, 15) is 4.79 Å². The summed E-state index contributed by atoms with van der Waals surface area (Å²) < 4.78 is 5.08. The van der Waals surface area contributed by atoms with Gasteiger partial charge in [0, 0.05) is 12.2 Å². The number of hydrogen-bond donors (Lipinski definition) is 1. The Morgan fingerprint density at radius 3 is 2.47 bits per heavy atom. The molecule has 104 valence electrons. The molecular formula is C15H21NO3. The molecule has 1 saturated heterocycles. The molecule has 0 amide bonds. The average molecular weight is 263 g/mol. The van der Waals surface area contributed by atoms with Crippen molar-refractivity contribution in [3.8, 4) is 5.75 Å². The highest BCUT2D eigenvalue weighted by Crippen LogP contribution is 2.17. The van der Waals surface area contributed by atoms with Crippen LogP contribution < -0.4 is 4.74 Å². The first-order valence-corrected chi connectivity index (χ1v) is 6.73. The number of likely N-dealkylation sites (tertiary alicyclic amines) is 1. The Hall–Kier alpha value is -1.39. The van der Waals surface area contributed by atoms with E-state index < -0.39 is 0 Å². The van der Waals surface area contributed by atoms with Gasteiger partial charge in [-0.15, -0.1) is 0 Å². The fourth-order valence-electron chi connectivity index (χ4n) is 2.40. The third-order valence-corrected chi connectivity index (χ3v) is 3.74. The van der Waals surface area contributed by atoms with E-state index >= 15 is 0 Å². The Morgan fingerprint density at radius 1 is 1.32 bits per heavy atom. The molecule has 0 spiro atoms. The van der Waals surface area contributed by atoms with Crippen LogP contribution in [0.4, 0.5) is 0 Å². The highest BCUT2D eigenvalue weighted by atomic mass is 16.5. The van der Waals surface area contributed by atoms with Crippen LogP contribution in [0.15, 0.2) is 24.3 Å². The Morgan fingerprint density at radius 2 is 1.95 bits per heavy atom. The Labute approximate surface area is 114 Å². The first kappa shape index (κ1) is 14.0. The summed E-state index contributed by atoms with van der Waals surface area (Å²) in [4.78, 5) is 14.3. The summed E-state index contributed by atoms with van der Waals surface area (Å²) in [5, 5.41) is 9.09. The normalized spacial score (nSPS) is 17.4. The number of ether oxygens (including phenoxy) is 1.